The molecule has 2 aliphatic heterocycles. The van der Waals surface area contributed by atoms with E-state index in [1.807, 2.05) is 0 Å². The summed E-state index contributed by atoms with van der Waals surface area (Å²) in [5.74, 6) is 0.855. The highest BCUT2D eigenvalue weighted by Gasteiger charge is 2.35. The van der Waals surface area contributed by atoms with Crippen LogP contribution in [-0.4, -0.2) is 48.5 Å². The summed E-state index contributed by atoms with van der Waals surface area (Å²) < 4.78 is 0. The van der Waals surface area contributed by atoms with E-state index in [-0.39, 0.29) is 0 Å². The van der Waals surface area contributed by atoms with Gasteiger partial charge in [0.2, 0.25) is 0 Å². The molecule has 6 nitrogen and oxygen atoms in total. The maximum absolute atomic E-state index is 11.6. The first-order valence-electron chi connectivity index (χ1n) is 7.57. The number of anilines is 2. The molecular formula is C15H23N5O. The van der Waals surface area contributed by atoms with Gasteiger partial charge in [-0.3, -0.25) is 4.79 Å². The summed E-state index contributed by atoms with van der Waals surface area (Å²) in [4.78, 5) is 20.7. The average Bonchev–Trinajstić information content (AvgIpc) is 2.47. The highest BCUT2D eigenvalue weighted by molar-refractivity contribution is 5.98. The molecule has 2 fully saturated rings. The molecule has 1 aromatic rings. The number of carbonyl (C=O) groups is 1. The van der Waals surface area contributed by atoms with Crippen LogP contribution in [0.15, 0.2) is 12.3 Å². The Kier molecular flexibility index (Phi) is 3.71. The van der Waals surface area contributed by atoms with Gasteiger partial charge in [-0.2, -0.15) is 0 Å². The molecule has 0 bridgehead atoms. The monoisotopic (exact) mass is 289 g/mol. The van der Waals surface area contributed by atoms with Crippen LogP contribution in [0.25, 0.3) is 0 Å². The van der Waals surface area contributed by atoms with Crippen LogP contribution in [0.1, 0.15) is 29.6 Å². The number of nitrogens with two attached hydrogens (primary N) is 2. The first-order valence-corrected chi connectivity index (χ1v) is 7.57. The van der Waals surface area contributed by atoms with Gasteiger partial charge in [0.05, 0.1) is 17.4 Å². The van der Waals surface area contributed by atoms with Gasteiger partial charge < -0.3 is 21.3 Å². The molecule has 0 spiro atoms. The number of nitrogens with zero attached hydrogens (tertiary/aromatic N) is 3. The summed E-state index contributed by atoms with van der Waals surface area (Å²) in [5, 5.41) is 0. The van der Waals surface area contributed by atoms with Gasteiger partial charge in [-0.05, 0) is 44.8 Å². The Balaban J connectivity index is 1.84. The largest absolute Gasteiger partial charge is 0.397 e. The minimum Gasteiger partial charge on any atom is -0.397 e. The van der Waals surface area contributed by atoms with Gasteiger partial charge in [-0.15, -0.1) is 0 Å². The molecule has 6 heteroatoms. The zero-order valence-electron chi connectivity index (χ0n) is 12.5. The van der Waals surface area contributed by atoms with Gasteiger partial charge in [0.25, 0.3) is 5.91 Å². The summed E-state index contributed by atoms with van der Waals surface area (Å²) >= 11 is 0. The standard InChI is InChI=1S/C15H23N5O/c1-19-5-2-3-10-9-20(6-4-13(10)19)15-12(14(17)21)7-11(16)8-18-15/h7-8,10,13H,2-6,9,16H2,1H3,(H2,17,21). The zero-order valence-corrected chi connectivity index (χ0v) is 12.5. The lowest BCUT2D eigenvalue weighted by atomic mass is 9.84. The molecule has 1 amide bonds. The number of fused-ring (bicyclic) bond motifs is 1. The van der Waals surface area contributed by atoms with Crippen LogP contribution < -0.4 is 16.4 Å². The molecule has 2 atom stereocenters. The van der Waals surface area contributed by atoms with Crippen molar-refractivity contribution in [2.24, 2.45) is 11.7 Å². The van der Waals surface area contributed by atoms with E-state index in [0.717, 1.165) is 19.5 Å². The Labute approximate surface area is 125 Å². The van der Waals surface area contributed by atoms with Crippen LogP contribution in [-0.2, 0) is 0 Å². The SMILES string of the molecule is CN1CCCC2CN(c3ncc(N)cc3C(N)=O)CCC21. The molecule has 2 aliphatic rings. The molecule has 1 aromatic heterocycles. The second-order valence-corrected chi connectivity index (χ2v) is 6.19. The molecular weight excluding hydrogens is 266 g/mol. The normalized spacial score (nSPS) is 26.4. The number of rotatable bonds is 2. The van der Waals surface area contributed by atoms with Crippen molar-refractivity contribution < 1.29 is 4.79 Å². The van der Waals surface area contributed by atoms with E-state index < -0.39 is 5.91 Å². The lowest BCUT2D eigenvalue weighted by Crippen LogP contribution is -2.53. The molecule has 2 saturated heterocycles. The van der Waals surface area contributed by atoms with Crippen molar-refractivity contribution in [1.29, 1.82) is 0 Å². The van der Waals surface area contributed by atoms with E-state index in [4.69, 9.17) is 11.5 Å². The van der Waals surface area contributed by atoms with E-state index in [0.29, 0.717) is 29.0 Å². The van der Waals surface area contributed by atoms with E-state index in [1.165, 1.54) is 19.4 Å². The van der Waals surface area contributed by atoms with Crippen LogP contribution in [0.5, 0.6) is 0 Å². The van der Waals surface area contributed by atoms with E-state index in [9.17, 15) is 4.79 Å². The van der Waals surface area contributed by atoms with Crippen molar-refractivity contribution in [3.05, 3.63) is 17.8 Å². The first kappa shape index (κ1) is 14.1. The zero-order chi connectivity index (χ0) is 15.0. The van der Waals surface area contributed by atoms with Crippen molar-refractivity contribution >= 4 is 17.4 Å². The Bertz CT molecular complexity index is 547. The molecule has 0 radical (unpaired) electrons. The maximum Gasteiger partial charge on any atom is 0.252 e. The number of nitrogen functional groups attached to an aromatic ring is 1. The number of pyridine rings is 1. The van der Waals surface area contributed by atoms with E-state index in [1.54, 1.807) is 12.3 Å². The molecule has 21 heavy (non-hydrogen) atoms. The molecule has 3 rings (SSSR count). The number of likely N-dealkylation sites (tertiary alicyclic amines) is 1. The number of piperidine rings is 2. The summed E-state index contributed by atoms with van der Waals surface area (Å²) in [6.07, 6.45) is 5.18. The molecule has 114 valence electrons. The van der Waals surface area contributed by atoms with Crippen molar-refractivity contribution in [2.45, 2.75) is 25.3 Å². The minimum atomic E-state index is -0.465. The summed E-state index contributed by atoms with van der Waals surface area (Å²) in [5.41, 5.74) is 12.1. The molecule has 2 unspecified atom stereocenters. The van der Waals surface area contributed by atoms with Crippen molar-refractivity contribution in [2.75, 3.05) is 37.3 Å². The van der Waals surface area contributed by atoms with Gasteiger partial charge in [0.1, 0.15) is 5.82 Å². The van der Waals surface area contributed by atoms with E-state index in [2.05, 4.69) is 21.8 Å². The topological polar surface area (TPSA) is 88.5 Å². The highest BCUT2D eigenvalue weighted by Crippen LogP contribution is 2.32. The molecule has 0 saturated carbocycles. The number of carbonyl (C=O) groups excluding carboxylic acids is 1. The molecule has 3 heterocycles. The molecule has 0 aromatic carbocycles. The van der Waals surface area contributed by atoms with Gasteiger partial charge in [-0.25, -0.2) is 4.98 Å². The fourth-order valence-corrected chi connectivity index (χ4v) is 3.75. The van der Waals surface area contributed by atoms with Crippen LogP contribution >= 0.6 is 0 Å². The lowest BCUT2D eigenvalue weighted by Gasteiger charge is -2.46. The third kappa shape index (κ3) is 2.68. The van der Waals surface area contributed by atoms with E-state index >= 15 is 0 Å². The predicted molar refractivity (Wildman–Crippen MR) is 83.1 cm³/mol. The van der Waals surface area contributed by atoms with Crippen molar-refractivity contribution in [1.82, 2.24) is 9.88 Å². The van der Waals surface area contributed by atoms with Crippen molar-refractivity contribution in [3.8, 4) is 0 Å². The minimum absolute atomic E-state index is 0.428. The fourth-order valence-electron chi connectivity index (χ4n) is 3.75. The maximum atomic E-state index is 11.6. The number of aromatic nitrogens is 1. The van der Waals surface area contributed by atoms with Gasteiger partial charge in [0.15, 0.2) is 0 Å². The first-order chi connectivity index (χ1) is 10.1. The summed E-state index contributed by atoms with van der Waals surface area (Å²) in [6, 6.07) is 2.28. The third-order valence-electron chi connectivity index (χ3n) is 4.80. The second-order valence-electron chi connectivity index (χ2n) is 6.19. The predicted octanol–water partition coefficient (Wildman–Crippen LogP) is 0.683. The Morgan fingerprint density at radius 2 is 2.19 bits per heavy atom. The second kappa shape index (κ2) is 5.52. The summed E-state index contributed by atoms with van der Waals surface area (Å²) in [7, 11) is 2.21. The van der Waals surface area contributed by atoms with Crippen molar-refractivity contribution in [3.63, 3.8) is 0 Å². The average molecular weight is 289 g/mol. The van der Waals surface area contributed by atoms with Crippen LogP contribution in [0.4, 0.5) is 11.5 Å². The fraction of sp³-hybridized carbons (Fsp3) is 0.600. The third-order valence-corrected chi connectivity index (χ3v) is 4.80. The summed E-state index contributed by atoms with van der Waals surface area (Å²) in [6.45, 7) is 3.03. The Hall–Kier alpha value is -1.82. The van der Waals surface area contributed by atoms with Crippen LogP contribution in [0, 0.1) is 5.92 Å². The smallest absolute Gasteiger partial charge is 0.252 e. The van der Waals surface area contributed by atoms with Crippen LogP contribution in [0.3, 0.4) is 0 Å². The number of amides is 1. The Morgan fingerprint density at radius 3 is 2.95 bits per heavy atom. The number of hydrogen-bond acceptors (Lipinski definition) is 5. The molecule has 0 aliphatic carbocycles. The quantitative estimate of drug-likeness (QED) is 0.836. The molecule has 4 N–H and O–H groups in total. The van der Waals surface area contributed by atoms with Gasteiger partial charge in [0, 0.05) is 19.1 Å². The lowest BCUT2D eigenvalue weighted by molar-refractivity contribution is 0.0990. The van der Waals surface area contributed by atoms with Crippen LogP contribution in [0.2, 0.25) is 0 Å². The number of hydrogen-bond donors (Lipinski definition) is 2. The Morgan fingerprint density at radius 1 is 1.38 bits per heavy atom. The van der Waals surface area contributed by atoms with Gasteiger partial charge in [-0.1, -0.05) is 0 Å². The van der Waals surface area contributed by atoms with Gasteiger partial charge >= 0.3 is 0 Å². The highest BCUT2D eigenvalue weighted by atomic mass is 16.1. The number of primary amides is 1.